The Morgan fingerprint density at radius 3 is 1.75 bits per heavy atom. The van der Waals surface area contributed by atoms with E-state index in [0.29, 0.717) is 5.90 Å². The van der Waals surface area contributed by atoms with Gasteiger partial charge in [-0.15, -0.1) is 0 Å². The van der Waals surface area contributed by atoms with Gasteiger partial charge in [0.2, 0.25) is 5.90 Å². The summed E-state index contributed by atoms with van der Waals surface area (Å²) in [5.74, 6) is 1.44. The lowest BCUT2D eigenvalue weighted by Crippen LogP contribution is -2.20. The molecule has 0 saturated carbocycles. The first kappa shape index (κ1) is 16.5. The van der Waals surface area contributed by atoms with Crippen LogP contribution in [0.25, 0.3) is 11.1 Å². The van der Waals surface area contributed by atoms with E-state index in [-0.39, 0.29) is 5.92 Å². The fourth-order valence-electron chi connectivity index (χ4n) is 3.72. The van der Waals surface area contributed by atoms with Crippen LogP contribution < -0.4 is 4.74 Å². The second-order valence-corrected chi connectivity index (χ2v) is 6.82. The molecule has 0 atom stereocenters. The average molecular weight is 361 g/mol. The van der Waals surface area contributed by atoms with Crippen LogP contribution in [0, 0.1) is 0 Å². The first-order chi connectivity index (χ1) is 13.9. The van der Waals surface area contributed by atoms with Crippen LogP contribution in [0.4, 0.5) is 5.69 Å². The topological polar surface area (TPSA) is 21.6 Å². The Morgan fingerprint density at radius 2 is 1.07 bits per heavy atom. The van der Waals surface area contributed by atoms with Gasteiger partial charge in [-0.3, -0.25) is 0 Å². The number of rotatable bonds is 3. The average Bonchev–Trinajstić information content (AvgIpc) is 2.92. The molecule has 4 aromatic carbocycles. The monoisotopic (exact) mass is 361 g/mol. The third kappa shape index (κ3) is 2.99. The minimum absolute atomic E-state index is 0.0818. The van der Waals surface area contributed by atoms with Crippen molar-refractivity contribution >= 4 is 11.6 Å². The molecule has 5 rings (SSSR count). The van der Waals surface area contributed by atoms with Crippen LogP contribution in [-0.2, 0) is 0 Å². The highest BCUT2D eigenvalue weighted by molar-refractivity contribution is 5.96. The summed E-state index contributed by atoms with van der Waals surface area (Å²) >= 11 is 0. The van der Waals surface area contributed by atoms with Crippen LogP contribution >= 0.6 is 0 Å². The summed E-state index contributed by atoms with van der Waals surface area (Å²) in [7, 11) is 0. The van der Waals surface area contributed by atoms with Crippen molar-refractivity contribution in [3.63, 3.8) is 0 Å². The molecular formula is C26H19NO. The van der Waals surface area contributed by atoms with Gasteiger partial charge in [0.1, 0.15) is 5.75 Å². The minimum Gasteiger partial charge on any atom is -0.441 e. The van der Waals surface area contributed by atoms with E-state index in [1.807, 2.05) is 48.5 Å². The Kier molecular flexibility index (Phi) is 4.23. The van der Waals surface area contributed by atoms with Gasteiger partial charge in [-0.25, -0.2) is 4.99 Å². The van der Waals surface area contributed by atoms with Crippen LogP contribution in [0.3, 0.4) is 0 Å². The van der Waals surface area contributed by atoms with E-state index in [9.17, 15) is 0 Å². The Morgan fingerprint density at radius 1 is 0.536 bits per heavy atom. The highest BCUT2D eigenvalue weighted by atomic mass is 16.5. The Balaban J connectivity index is 1.73. The highest BCUT2D eigenvalue weighted by Crippen LogP contribution is 2.41. The number of para-hydroxylation sites is 2. The lowest BCUT2D eigenvalue weighted by Gasteiger charge is -2.20. The van der Waals surface area contributed by atoms with Gasteiger partial charge in [0.15, 0.2) is 0 Å². The van der Waals surface area contributed by atoms with Crippen molar-refractivity contribution in [1.29, 1.82) is 0 Å². The van der Waals surface area contributed by atoms with Crippen LogP contribution in [0.2, 0.25) is 0 Å². The van der Waals surface area contributed by atoms with E-state index in [0.717, 1.165) is 33.7 Å². The molecule has 0 aliphatic carbocycles. The van der Waals surface area contributed by atoms with Crippen LogP contribution in [0.5, 0.6) is 5.75 Å². The molecular weight excluding hydrogens is 342 g/mol. The third-order valence-electron chi connectivity index (χ3n) is 5.04. The van der Waals surface area contributed by atoms with Gasteiger partial charge in [0, 0.05) is 11.1 Å². The first-order valence-electron chi connectivity index (χ1n) is 9.45. The van der Waals surface area contributed by atoms with Crippen molar-refractivity contribution in [2.24, 2.45) is 4.99 Å². The fraction of sp³-hybridized carbons (Fsp3) is 0.0385. The molecule has 0 fully saturated rings. The number of benzene rings is 4. The molecule has 1 aliphatic rings. The van der Waals surface area contributed by atoms with Crippen LogP contribution in [0.1, 0.15) is 17.0 Å². The summed E-state index contributed by atoms with van der Waals surface area (Å²) in [6.45, 7) is 0. The first-order valence-corrected chi connectivity index (χ1v) is 9.45. The third-order valence-corrected chi connectivity index (χ3v) is 5.04. The van der Waals surface area contributed by atoms with Gasteiger partial charge in [-0.2, -0.15) is 0 Å². The number of nitrogens with zero attached hydrogens (tertiary/aromatic N) is 1. The molecule has 0 amide bonds. The van der Waals surface area contributed by atoms with Gasteiger partial charge in [0.25, 0.3) is 0 Å². The van der Waals surface area contributed by atoms with E-state index in [1.165, 1.54) is 0 Å². The van der Waals surface area contributed by atoms with Crippen molar-refractivity contribution in [1.82, 2.24) is 0 Å². The minimum atomic E-state index is -0.0818. The quantitative estimate of drug-likeness (QED) is 0.402. The molecule has 1 aliphatic heterocycles. The van der Waals surface area contributed by atoms with Gasteiger partial charge in [0.05, 0.1) is 11.6 Å². The molecule has 0 saturated heterocycles. The molecule has 28 heavy (non-hydrogen) atoms. The van der Waals surface area contributed by atoms with Crippen molar-refractivity contribution in [2.75, 3.05) is 0 Å². The van der Waals surface area contributed by atoms with E-state index in [2.05, 4.69) is 60.7 Å². The molecule has 2 heteroatoms. The van der Waals surface area contributed by atoms with Crippen LogP contribution in [-0.4, -0.2) is 5.90 Å². The zero-order chi connectivity index (χ0) is 18.8. The predicted molar refractivity (Wildman–Crippen MR) is 114 cm³/mol. The molecule has 0 unspecified atom stereocenters. The number of ether oxygens (including phenoxy) is 1. The molecule has 0 radical (unpaired) electrons. The van der Waals surface area contributed by atoms with Crippen molar-refractivity contribution < 1.29 is 4.74 Å². The standard InChI is InChI=1S/C26H19NO/c1-3-11-19(12-4-1)25(20-13-5-2-6-14-20)26-27-23-17-9-7-15-21(23)22-16-8-10-18-24(22)28-26/h1-18,25H. The number of hydrogen-bond donors (Lipinski definition) is 0. The molecule has 0 bridgehead atoms. The van der Waals surface area contributed by atoms with E-state index < -0.39 is 0 Å². The van der Waals surface area contributed by atoms with Crippen molar-refractivity contribution in [2.45, 2.75) is 5.92 Å². The second-order valence-electron chi connectivity index (χ2n) is 6.82. The summed E-state index contributed by atoms with van der Waals surface area (Å²) in [6.07, 6.45) is 0. The van der Waals surface area contributed by atoms with Crippen LogP contribution in [0.15, 0.2) is 114 Å². The maximum atomic E-state index is 6.46. The zero-order valence-electron chi connectivity index (χ0n) is 15.3. The summed E-state index contributed by atoms with van der Waals surface area (Å²) in [4.78, 5) is 5.00. The number of aliphatic imine (C=N–C) groups is 1. The summed E-state index contributed by atoms with van der Waals surface area (Å²) in [5, 5.41) is 0. The molecule has 0 N–H and O–H groups in total. The largest absolute Gasteiger partial charge is 0.441 e. The van der Waals surface area contributed by atoms with E-state index in [4.69, 9.17) is 9.73 Å². The van der Waals surface area contributed by atoms with Gasteiger partial charge < -0.3 is 4.74 Å². The van der Waals surface area contributed by atoms with E-state index >= 15 is 0 Å². The molecule has 4 aromatic rings. The summed E-state index contributed by atoms with van der Waals surface area (Å²) in [6, 6.07) is 37.2. The lowest BCUT2D eigenvalue weighted by molar-refractivity contribution is 0.531. The van der Waals surface area contributed by atoms with Gasteiger partial charge >= 0.3 is 0 Å². The predicted octanol–water partition coefficient (Wildman–Crippen LogP) is 6.61. The fourth-order valence-corrected chi connectivity index (χ4v) is 3.72. The maximum Gasteiger partial charge on any atom is 0.207 e. The van der Waals surface area contributed by atoms with Crippen molar-refractivity contribution in [3.05, 3.63) is 120 Å². The summed E-state index contributed by atoms with van der Waals surface area (Å²) < 4.78 is 6.46. The highest BCUT2D eigenvalue weighted by Gasteiger charge is 2.26. The molecule has 0 aromatic heterocycles. The SMILES string of the molecule is c1ccc(C(C2=Nc3ccccc3-c3ccccc3O2)c2ccccc2)cc1. The molecule has 1 heterocycles. The molecule has 134 valence electrons. The maximum absolute atomic E-state index is 6.46. The Labute approximate surface area is 164 Å². The van der Waals surface area contributed by atoms with E-state index in [1.54, 1.807) is 0 Å². The smallest absolute Gasteiger partial charge is 0.207 e. The normalized spacial score (nSPS) is 12.4. The van der Waals surface area contributed by atoms with Gasteiger partial charge in [-0.1, -0.05) is 97.1 Å². The number of fused-ring (bicyclic) bond motifs is 3. The van der Waals surface area contributed by atoms with Crippen molar-refractivity contribution in [3.8, 4) is 16.9 Å². The lowest BCUT2D eigenvalue weighted by atomic mass is 9.91. The Bertz CT molecular complexity index is 1090. The molecule has 0 spiro atoms. The zero-order valence-corrected chi connectivity index (χ0v) is 15.3. The van der Waals surface area contributed by atoms with Gasteiger partial charge in [-0.05, 0) is 23.3 Å². The molecule has 2 nitrogen and oxygen atoms in total. The second kappa shape index (κ2) is 7.16. The number of hydrogen-bond acceptors (Lipinski definition) is 2. The Hall–Kier alpha value is -3.65. The summed E-state index contributed by atoms with van der Waals surface area (Å²) in [5.41, 5.74) is 5.40.